The first-order chi connectivity index (χ1) is 15.6. The minimum atomic E-state index is -0.909. The van der Waals surface area contributed by atoms with Gasteiger partial charge in [-0.15, -0.1) is 0 Å². The fourth-order valence-corrected chi connectivity index (χ4v) is 3.43. The van der Waals surface area contributed by atoms with Crippen LogP contribution in [0.1, 0.15) is 91.3 Å². The van der Waals surface area contributed by atoms with Crippen LogP contribution >= 0.6 is 0 Å². The number of hydrogen-bond donors (Lipinski definition) is 3. The van der Waals surface area contributed by atoms with E-state index in [-0.39, 0.29) is 24.1 Å². The Balaban J connectivity index is 3.28. The van der Waals surface area contributed by atoms with Gasteiger partial charge in [0.1, 0.15) is 23.9 Å². The van der Waals surface area contributed by atoms with E-state index in [1.165, 1.54) is 11.0 Å². The van der Waals surface area contributed by atoms with Gasteiger partial charge in [-0.05, 0) is 78.1 Å². The number of rotatable bonds is 10. The van der Waals surface area contributed by atoms with Gasteiger partial charge in [0.25, 0.3) is 0 Å². The van der Waals surface area contributed by atoms with Crippen LogP contribution in [-0.4, -0.2) is 52.1 Å². The molecule has 0 heterocycles. The number of phenolic OH excluding ortho intramolecular Hbond substituents is 1. The highest BCUT2D eigenvalue weighted by Gasteiger charge is 2.33. The maximum Gasteiger partial charge on any atom is 0.408 e. The summed E-state index contributed by atoms with van der Waals surface area (Å²) in [7, 11) is 0. The highest BCUT2D eigenvalue weighted by Crippen LogP contribution is 2.27. The van der Waals surface area contributed by atoms with Gasteiger partial charge >= 0.3 is 6.09 Å². The highest BCUT2D eigenvalue weighted by molar-refractivity contribution is 5.90. The Hall–Kier alpha value is -2.77. The average molecular weight is 478 g/mol. The van der Waals surface area contributed by atoms with Crippen LogP contribution in [0.4, 0.5) is 4.79 Å². The second-order valence-electron chi connectivity index (χ2n) is 10.7. The Bertz CT molecular complexity index is 840. The lowest BCUT2D eigenvalue weighted by Gasteiger charge is -2.34. The Morgan fingerprint density at radius 2 is 1.71 bits per heavy atom. The molecule has 1 unspecified atom stereocenters. The molecule has 0 saturated heterocycles. The number of carbonyl (C=O) groups is 3. The molecule has 0 radical (unpaired) electrons. The summed E-state index contributed by atoms with van der Waals surface area (Å²) in [5, 5.41) is 15.5. The molecular formula is C26H43N3O5. The fraction of sp³-hybridized carbons (Fsp3) is 0.654. The van der Waals surface area contributed by atoms with Crippen LogP contribution in [0.25, 0.3) is 0 Å². The number of phenols is 1. The number of hydrogen-bond acceptors (Lipinski definition) is 5. The van der Waals surface area contributed by atoms with Crippen LogP contribution in [-0.2, 0) is 14.3 Å². The Labute approximate surface area is 204 Å². The van der Waals surface area contributed by atoms with Crippen LogP contribution in [0.2, 0.25) is 0 Å². The van der Waals surface area contributed by atoms with Crippen LogP contribution in [0.5, 0.6) is 5.75 Å². The second-order valence-corrected chi connectivity index (χ2v) is 10.7. The number of carbonyl (C=O) groups excluding carboxylic acids is 3. The third kappa shape index (κ3) is 10.4. The molecule has 0 aliphatic heterocycles. The fourth-order valence-electron chi connectivity index (χ4n) is 3.43. The molecule has 3 amide bonds. The van der Waals surface area contributed by atoms with Crippen LogP contribution in [0.15, 0.2) is 18.2 Å². The SMILES string of the molecule is CCCCCCN(C(=O)CNC(=O)OC(C)(C)C)C(C(=O)NC(C)(C)C)c1ccc(O)c(C)c1. The molecule has 0 fully saturated rings. The number of amides is 3. The van der Waals surface area contributed by atoms with Crippen molar-refractivity contribution in [3.63, 3.8) is 0 Å². The van der Waals surface area contributed by atoms with Gasteiger partial charge in [-0.3, -0.25) is 9.59 Å². The number of nitrogens with one attached hydrogen (secondary N) is 2. The first kappa shape index (κ1) is 29.3. The van der Waals surface area contributed by atoms with Crippen molar-refractivity contribution >= 4 is 17.9 Å². The zero-order valence-electron chi connectivity index (χ0n) is 22.1. The van der Waals surface area contributed by atoms with E-state index in [4.69, 9.17) is 4.74 Å². The van der Waals surface area contributed by atoms with Crippen molar-refractivity contribution in [1.82, 2.24) is 15.5 Å². The molecule has 8 nitrogen and oxygen atoms in total. The zero-order valence-corrected chi connectivity index (χ0v) is 22.1. The monoisotopic (exact) mass is 477 g/mol. The van der Waals surface area contributed by atoms with Gasteiger partial charge < -0.3 is 25.4 Å². The van der Waals surface area contributed by atoms with Crippen molar-refractivity contribution in [1.29, 1.82) is 0 Å². The third-order valence-corrected chi connectivity index (χ3v) is 4.95. The molecule has 3 N–H and O–H groups in total. The number of nitrogens with zero attached hydrogens (tertiary/aromatic N) is 1. The lowest BCUT2D eigenvalue weighted by atomic mass is 9.99. The van der Waals surface area contributed by atoms with Crippen molar-refractivity contribution in [3.8, 4) is 5.75 Å². The highest BCUT2D eigenvalue weighted by atomic mass is 16.6. The summed E-state index contributed by atoms with van der Waals surface area (Å²) in [5.74, 6) is -0.591. The Kier molecular flexibility index (Phi) is 10.9. The molecule has 0 aliphatic carbocycles. The van der Waals surface area contributed by atoms with Crippen molar-refractivity contribution in [2.24, 2.45) is 0 Å². The molecular weight excluding hydrogens is 434 g/mol. The summed E-state index contributed by atoms with van der Waals surface area (Å²) in [6, 6.07) is 3.99. The number of ether oxygens (including phenoxy) is 1. The van der Waals surface area contributed by atoms with Gasteiger partial charge in [0.05, 0.1) is 0 Å². The van der Waals surface area contributed by atoms with E-state index >= 15 is 0 Å². The van der Waals surface area contributed by atoms with E-state index in [1.54, 1.807) is 39.8 Å². The third-order valence-electron chi connectivity index (χ3n) is 4.95. The van der Waals surface area contributed by atoms with E-state index in [1.807, 2.05) is 20.8 Å². The molecule has 8 heteroatoms. The quantitative estimate of drug-likeness (QED) is 0.427. The van der Waals surface area contributed by atoms with Gasteiger partial charge in [0.2, 0.25) is 11.8 Å². The molecule has 34 heavy (non-hydrogen) atoms. The molecule has 0 saturated carbocycles. The maximum atomic E-state index is 13.4. The van der Waals surface area contributed by atoms with Crippen molar-refractivity contribution < 1.29 is 24.2 Å². The minimum absolute atomic E-state index is 0.117. The lowest BCUT2D eigenvalue weighted by molar-refractivity contribution is -0.141. The normalized spacial score (nSPS) is 12.6. The predicted octanol–water partition coefficient (Wildman–Crippen LogP) is 4.59. The number of aryl methyl sites for hydroxylation is 1. The summed E-state index contributed by atoms with van der Waals surface area (Å²) in [6.45, 7) is 14.8. The molecule has 0 aromatic heterocycles. The van der Waals surface area contributed by atoms with Crippen molar-refractivity contribution in [2.75, 3.05) is 13.1 Å². The van der Waals surface area contributed by atoms with E-state index in [0.29, 0.717) is 17.7 Å². The molecule has 1 aromatic rings. The Morgan fingerprint density at radius 1 is 1.06 bits per heavy atom. The van der Waals surface area contributed by atoms with E-state index < -0.39 is 23.3 Å². The number of aromatic hydroxyl groups is 1. The minimum Gasteiger partial charge on any atom is -0.508 e. The largest absolute Gasteiger partial charge is 0.508 e. The van der Waals surface area contributed by atoms with Crippen molar-refractivity contribution in [3.05, 3.63) is 29.3 Å². The van der Waals surface area contributed by atoms with Gasteiger partial charge in [-0.2, -0.15) is 0 Å². The molecule has 1 atom stereocenters. The van der Waals surface area contributed by atoms with Gasteiger partial charge in [-0.1, -0.05) is 32.3 Å². The summed E-state index contributed by atoms with van der Waals surface area (Å²) < 4.78 is 5.24. The number of unbranched alkanes of at least 4 members (excludes halogenated alkanes) is 3. The van der Waals surface area contributed by atoms with Crippen molar-refractivity contribution in [2.45, 2.75) is 98.3 Å². The lowest BCUT2D eigenvalue weighted by Crippen LogP contribution is -2.51. The van der Waals surface area contributed by atoms with E-state index in [9.17, 15) is 19.5 Å². The van der Waals surface area contributed by atoms with Gasteiger partial charge in [0, 0.05) is 12.1 Å². The summed E-state index contributed by atoms with van der Waals surface area (Å²) >= 11 is 0. The number of alkyl carbamates (subject to hydrolysis) is 1. The maximum absolute atomic E-state index is 13.4. The first-order valence-electron chi connectivity index (χ1n) is 12.0. The zero-order chi connectivity index (χ0) is 26.1. The molecule has 192 valence electrons. The van der Waals surface area contributed by atoms with E-state index in [0.717, 1.165) is 25.7 Å². The molecule has 1 aromatic carbocycles. The molecule has 0 spiro atoms. The first-order valence-corrected chi connectivity index (χ1v) is 12.0. The van der Waals surface area contributed by atoms with Crippen LogP contribution in [0, 0.1) is 6.92 Å². The summed E-state index contributed by atoms with van der Waals surface area (Å²) in [4.78, 5) is 40.4. The molecule has 0 aliphatic rings. The van der Waals surface area contributed by atoms with Crippen LogP contribution in [0.3, 0.4) is 0 Å². The molecule has 1 rings (SSSR count). The van der Waals surface area contributed by atoms with Crippen LogP contribution < -0.4 is 10.6 Å². The molecule has 0 bridgehead atoms. The smallest absolute Gasteiger partial charge is 0.408 e. The Morgan fingerprint density at radius 3 is 2.24 bits per heavy atom. The van der Waals surface area contributed by atoms with Gasteiger partial charge in [0.15, 0.2) is 0 Å². The van der Waals surface area contributed by atoms with Gasteiger partial charge in [-0.25, -0.2) is 4.79 Å². The standard InChI is InChI=1S/C26H43N3O5/c1-9-10-11-12-15-29(21(31)17-27-24(33)34-26(6,7)8)22(23(32)28-25(3,4)5)19-13-14-20(30)18(2)16-19/h13-14,16,22,30H,9-12,15,17H2,1-8H3,(H,27,33)(H,28,32). The summed E-state index contributed by atoms with van der Waals surface area (Å²) in [6.07, 6.45) is 3.02. The number of benzene rings is 1. The summed E-state index contributed by atoms with van der Waals surface area (Å²) in [5.41, 5.74) is 0.00745. The average Bonchev–Trinajstić information content (AvgIpc) is 2.68. The predicted molar refractivity (Wildman–Crippen MR) is 134 cm³/mol. The topological polar surface area (TPSA) is 108 Å². The van der Waals surface area contributed by atoms with E-state index in [2.05, 4.69) is 17.6 Å². The second kappa shape index (κ2) is 12.6.